The summed E-state index contributed by atoms with van der Waals surface area (Å²) in [5.41, 5.74) is 1.56. The van der Waals surface area contributed by atoms with E-state index in [-0.39, 0.29) is 0 Å². The summed E-state index contributed by atoms with van der Waals surface area (Å²) < 4.78 is 26.2. The molecule has 0 N–H and O–H groups in total. The van der Waals surface area contributed by atoms with Crippen LogP contribution in [0.2, 0.25) is 0 Å². The number of benzene rings is 1. The van der Waals surface area contributed by atoms with Crippen LogP contribution in [-0.2, 0) is 6.42 Å². The van der Waals surface area contributed by atoms with Crippen molar-refractivity contribution in [3.8, 4) is 6.07 Å². The van der Waals surface area contributed by atoms with Gasteiger partial charge in [0.1, 0.15) is 6.04 Å². The Balaban J connectivity index is 2.06. The molecule has 21 heavy (non-hydrogen) atoms. The van der Waals surface area contributed by atoms with E-state index in [1.54, 1.807) is 19.4 Å². The molecule has 0 radical (unpaired) electrons. The molecule has 1 unspecified atom stereocenters. The van der Waals surface area contributed by atoms with Crippen LogP contribution in [-0.4, -0.2) is 23.5 Å². The van der Waals surface area contributed by atoms with Crippen molar-refractivity contribution in [1.29, 1.82) is 5.26 Å². The maximum atomic E-state index is 13.3. The lowest BCUT2D eigenvalue weighted by Crippen LogP contribution is -2.26. The third-order valence-electron chi connectivity index (χ3n) is 3.32. The minimum atomic E-state index is -0.935. The molecule has 0 amide bonds. The quantitative estimate of drug-likeness (QED) is 0.848. The molecular weight excluding hydrogens is 272 g/mol. The monoisotopic (exact) mass is 287 g/mol. The number of likely N-dealkylation sites (N-methyl/N-ethyl adjacent to an activating group) is 1. The van der Waals surface area contributed by atoms with E-state index in [1.165, 1.54) is 6.07 Å². The van der Waals surface area contributed by atoms with Gasteiger partial charge in [-0.15, -0.1) is 0 Å². The Morgan fingerprint density at radius 3 is 2.52 bits per heavy atom. The lowest BCUT2D eigenvalue weighted by Gasteiger charge is -2.22. The van der Waals surface area contributed by atoms with E-state index in [4.69, 9.17) is 0 Å². The van der Waals surface area contributed by atoms with Crippen molar-refractivity contribution in [2.24, 2.45) is 0 Å². The molecule has 2 rings (SSSR count). The molecule has 2 aromatic rings. The third kappa shape index (κ3) is 3.83. The summed E-state index contributed by atoms with van der Waals surface area (Å²) in [6.07, 6.45) is 4.18. The van der Waals surface area contributed by atoms with Gasteiger partial charge >= 0.3 is 0 Å². The number of pyridine rings is 1. The first-order valence-electron chi connectivity index (χ1n) is 6.55. The average Bonchev–Trinajstić information content (AvgIpc) is 2.50. The summed E-state index contributed by atoms with van der Waals surface area (Å²) in [4.78, 5) is 5.76. The smallest absolute Gasteiger partial charge is 0.159 e. The number of rotatable bonds is 5. The number of hydrogen-bond donors (Lipinski definition) is 0. The maximum absolute atomic E-state index is 13.3. The fourth-order valence-electron chi connectivity index (χ4n) is 2.09. The van der Waals surface area contributed by atoms with Crippen molar-refractivity contribution in [3.63, 3.8) is 0 Å². The number of hydrogen-bond acceptors (Lipinski definition) is 3. The Morgan fingerprint density at radius 2 is 1.90 bits per heavy atom. The van der Waals surface area contributed by atoms with Crippen molar-refractivity contribution in [2.75, 3.05) is 13.6 Å². The molecule has 0 aliphatic heterocycles. The van der Waals surface area contributed by atoms with Gasteiger partial charge in [-0.2, -0.15) is 5.26 Å². The predicted molar refractivity (Wildman–Crippen MR) is 75.3 cm³/mol. The fraction of sp³-hybridized carbons (Fsp3) is 0.250. The van der Waals surface area contributed by atoms with Gasteiger partial charge < -0.3 is 0 Å². The highest BCUT2D eigenvalue weighted by molar-refractivity contribution is 5.25. The summed E-state index contributed by atoms with van der Waals surface area (Å²) in [5, 5.41) is 9.29. The van der Waals surface area contributed by atoms with Crippen LogP contribution in [0.5, 0.6) is 0 Å². The molecule has 3 nitrogen and oxygen atoms in total. The Kier molecular flexibility index (Phi) is 4.96. The number of halogens is 2. The highest BCUT2D eigenvalue weighted by Gasteiger charge is 2.17. The molecule has 1 aromatic heterocycles. The van der Waals surface area contributed by atoms with Crippen LogP contribution in [0.1, 0.15) is 17.2 Å². The van der Waals surface area contributed by atoms with Gasteiger partial charge in [-0.05, 0) is 48.9 Å². The molecule has 0 saturated carbocycles. The molecule has 108 valence electrons. The highest BCUT2D eigenvalue weighted by Crippen LogP contribution is 2.21. The summed E-state index contributed by atoms with van der Waals surface area (Å²) in [5.74, 6) is -1.84. The topological polar surface area (TPSA) is 39.9 Å². The van der Waals surface area contributed by atoms with E-state index in [1.807, 2.05) is 17.0 Å². The average molecular weight is 287 g/mol. The summed E-state index contributed by atoms with van der Waals surface area (Å²) in [6.45, 7) is 0.626. The van der Waals surface area contributed by atoms with Crippen molar-refractivity contribution in [1.82, 2.24) is 9.88 Å². The zero-order valence-electron chi connectivity index (χ0n) is 11.6. The maximum Gasteiger partial charge on any atom is 0.159 e. The molecule has 5 heteroatoms. The molecule has 0 bridgehead atoms. The minimum Gasteiger partial charge on any atom is -0.287 e. The van der Waals surface area contributed by atoms with Gasteiger partial charge in [0, 0.05) is 18.9 Å². The second-order valence-electron chi connectivity index (χ2n) is 4.79. The van der Waals surface area contributed by atoms with E-state index in [2.05, 4.69) is 11.1 Å². The second kappa shape index (κ2) is 6.91. The van der Waals surface area contributed by atoms with E-state index in [9.17, 15) is 14.0 Å². The number of nitrogens with zero attached hydrogens (tertiary/aromatic N) is 3. The van der Waals surface area contributed by atoms with E-state index >= 15 is 0 Å². The molecule has 0 saturated heterocycles. The Labute approximate surface area is 122 Å². The van der Waals surface area contributed by atoms with Gasteiger partial charge in [-0.25, -0.2) is 8.78 Å². The molecule has 0 spiro atoms. The zero-order valence-corrected chi connectivity index (χ0v) is 11.6. The minimum absolute atomic E-state index is 0.452. The second-order valence-corrected chi connectivity index (χ2v) is 4.79. The standard InChI is InChI=1S/C16H15F2N3/c1-21(9-6-12-4-7-20-8-5-12)16(11-19)13-2-3-14(17)15(18)10-13/h2-5,7-8,10,16H,6,9H2,1H3. The van der Waals surface area contributed by atoms with Gasteiger partial charge in [0.25, 0.3) is 0 Å². The number of nitriles is 1. The van der Waals surface area contributed by atoms with E-state index in [0.717, 1.165) is 24.1 Å². The van der Waals surface area contributed by atoms with E-state index < -0.39 is 17.7 Å². The Hall–Kier alpha value is -2.32. The fourth-order valence-corrected chi connectivity index (χ4v) is 2.09. The van der Waals surface area contributed by atoms with Gasteiger partial charge in [-0.1, -0.05) is 6.07 Å². The van der Waals surface area contributed by atoms with Crippen LogP contribution >= 0.6 is 0 Å². The van der Waals surface area contributed by atoms with Gasteiger partial charge in [0.05, 0.1) is 6.07 Å². The first-order valence-corrected chi connectivity index (χ1v) is 6.55. The third-order valence-corrected chi connectivity index (χ3v) is 3.32. The lowest BCUT2D eigenvalue weighted by molar-refractivity contribution is 0.294. The summed E-state index contributed by atoms with van der Waals surface area (Å²) in [7, 11) is 1.79. The van der Waals surface area contributed by atoms with E-state index in [0.29, 0.717) is 12.1 Å². The Morgan fingerprint density at radius 1 is 1.19 bits per heavy atom. The van der Waals surface area contributed by atoms with Crippen LogP contribution < -0.4 is 0 Å². The number of aromatic nitrogens is 1. The first kappa shape index (κ1) is 15.1. The Bertz CT molecular complexity index is 638. The highest BCUT2D eigenvalue weighted by atomic mass is 19.2. The largest absolute Gasteiger partial charge is 0.287 e. The van der Waals surface area contributed by atoms with Crippen LogP contribution in [0.4, 0.5) is 8.78 Å². The molecule has 0 fully saturated rings. The molecule has 0 aliphatic carbocycles. The molecule has 1 atom stereocenters. The first-order chi connectivity index (χ1) is 10.1. The van der Waals surface area contributed by atoms with Gasteiger partial charge in [-0.3, -0.25) is 9.88 Å². The normalized spacial score (nSPS) is 12.1. The summed E-state index contributed by atoms with van der Waals surface area (Å²) >= 11 is 0. The van der Waals surface area contributed by atoms with Gasteiger partial charge in [0.15, 0.2) is 11.6 Å². The zero-order chi connectivity index (χ0) is 15.2. The van der Waals surface area contributed by atoms with Crippen molar-refractivity contribution in [3.05, 3.63) is 65.5 Å². The van der Waals surface area contributed by atoms with Crippen molar-refractivity contribution >= 4 is 0 Å². The van der Waals surface area contributed by atoms with Crippen LogP contribution in [0, 0.1) is 23.0 Å². The predicted octanol–water partition coefficient (Wildman–Crippen LogP) is 3.10. The molecule has 1 heterocycles. The molecule has 0 aliphatic rings. The van der Waals surface area contributed by atoms with Crippen LogP contribution in [0.25, 0.3) is 0 Å². The summed E-state index contributed by atoms with van der Waals surface area (Å²) in [6, 6.07) is 8.90. The van der Waals surface area contributed by atoms with Gasteiger partial charge in [0.2, 0.25) is 0 Å². The SMILES string of the molecule is CN(CCc1ccncc1)C(C#N)c1ccc(F)c(F)c1. The van der Waals surface area contributed by atoms with Crippen molar-refractivity contribution in [2.45, 2.75) is 12.5 Å². The van der Waals surface area contributed by atoms with Crippen LogP contribution in [0.15, 0.2) is 42.7 Å². The lowest BCUT2D eigenvalue weighted by atomic mass is 10.1. The molecular formula is C16H15F2N3. The van der Waals surface area contributed by atoms with Crippen molar-refractivity contribution < 1.29 is 8.78 Å². The molecule has 1 aromatic carbocycles. The van der Waals surface area contributed by atoms with Crippen LogP contribution in [0.3, 0.4) is 0 Å².